The lowest BCUT2D eigenvalue weighted by Crippen LogP contribution is -2.31. The van der Waals surface area contributed by atoms with Crippen LogP contribution in [0.5, 0.6) is 0 Å². The maximum Gasteiger partial charge on any atom is 0.252 e. The molecule has 2 N–H and O–H groups in total. The van der Waals surface area contributed by atoms with E-state index in [-0.39, 0.29) is 22.9 Å². The molecular weight excluding hydrogens is 399 g/mol. The molecule has 0 saturated heterocycles. The molecule has 1 aromatic carbocycles. The summed E-state index contributed by atoms with van der Waals surface area (Å²) in [6.07, 6.45) is 3.27. The Labute approximate surface area is 160 Å². The first-order chi connectivity index (χ1) is 12.3. The number of amides is 1. The van der Waals surface area contributed by atoms with Crippen LogP contribution in [0.1, 0.15) is 10.4 Å². The average molecular weight is 413 g/mol. The van der Waals surface area contributed by atoms with Crippen molar-refractivity contribution < 1.29 is 13.2 Å². The molecule has 0 unspecified atom stereocenters. The lowest BCUT2D eigenvalue weighted by Gasteiger charge is -2.10. The summed E-state index contributed by atoms with van der Waals surface area (Å²) in [5.41, 5.74) is 1.41. The fourth-order valence-electron chi connectivity index (χ4n) is 2.28. The monoisotopic (exact) mass is 412 g/mol. The van der Waals surface area contributed by atoms with Crippen LogP contribution in [0.4, 0.5) is 5.69 Å². The van der Waals surface area contributed by atoms with Crippen molar-refractivity contribution in [1.82, 2.24) is 14.9 Å². The van der Waals surface area contributed by atoms with Crippen LogP contribution >= 0.6 is 23.2 Å². The molecule has 0 aliphatic heterocycles. The first-order valence-electron chi connectivity index (χ1n) is 7.51. The number of halogens is 2. The first kappa shape index (κ1) is 18.5. The number of pyridine rings is 1. The van der Waals surface area contributed by atoms with Gasteiger partial charge in [0.25, 0.3) is 5.91 Å². The van der Waals surface area contributed by atoms with E-state index < -0.39 is 15.9 Å². The number of fused-ring (bicyclic) bond motifs is 1. The van der Waals surface area contributed by atoms with Crippen molar-refractivity contribution in [1.29, 1.82) is 0 Å². The zero-order valence-corrected chi connectivity index (χ0v) is 15.6. The highest BCUT2D eigenvalue weighted by molar-refractivity contribution is 7.92. The lowest BCUT2D eigenvalue weighted by atomic mass is 10.2. The number of benzene rings is 1. The van der Waals surface area contributed by atoms with Crippen molar-refractivity contribution in [2.45, 2.75) is 0 Å². The van der Waals surface area contributed by atoms with Crippen LogP contribution in [0.3, 0.4) is 0 Å². The van der Waals surface area contributed by atoms with E-state index >= 15 is 0 Å². The van der Waals surface area contributed by atoms with Crippen molar-refractivity contribution in [3.05, 3.63) is 64.4 Å². The summed E-state index contributed by atoms with van der Waals surface area (Å²) < 4.78 is 28.4. The second-order valence-electron chi connectivity index (χ2n) is 5.42. The third-order valence-electron chi connectivity index (χ3n) is 3.51. The minimum absolute atomic E-state index is 0.0674. The molecule has 10 heteroatoms. The van der Waals surface area contributed by atoms with Crippen molar-refractivity contribution in [2.24, 2.45) is 0 Å². The summed E-state index contributed by atoms with van der Waals surface area (Å²) in [5, 5.41) is 7.18. The molecule has 7 nitrogen and oxygen atoms in total. The van der Waals surface area contributed by atoms with Gasteiger partial charge in [-0.2, -0.15) is 5.10 Å². The molecule has 0 radical (unpaired) electrons. The molecule has 0 aliphatic rings. The summed E-state index contributed by atoms with van der Waals surface area (Å²) in [6.45, 7) is -0.0674. The molecule has 3 aromatic rings. The standard InChI is InChI=1S/C16H14Cl2N4O3S/c17-11-1-2-14(15(18)9-11)16(23)19-6-8-26(24,25)21-12-4-7-22-13(10-12)3-5-20-22/h1-5,7,9-10,21H,6,8H2,(H,19,23). The third kappa shape index (κ3) is 4.46. The van der Waals surface area contributed by atoms with Gasteiger partial charge in [0.1, 0.15) is 0 Å². The van der Waals surface area contributed by atoms with E-state index in [2.05, 4.69) is 15.1 Å². The van der Waals surface area contributed by atoms with E-state index in [0.717, 1.165) is 5.52 Å². The van der Waals surface area contributed by atoms with Crippen LogP contribution in [0, 0.1) is 0 Å². The highest BCUT2D eigenvalue weighted by Crippen LogP contribution is 2.20. The van der Waals surface area contributed by atoms with Crippen LogP contribution in [0.2, 0.25) is 10.0 Å². The van der Waals surface area contributed by atoms with Crippen molar-refractivity contribution in [2.75, 3.05) is 17.0 Å². The summed E-state index contributed by atoms with van der Waals surface area (Å²) >= 11 is 11.7. The van der Waals surface area contributed by atoms with Gasteiger partial charge < -0.3 is 5.32 Å². The fraction of sp³-hybridized carbons (Fsp3) is 0.125. The molecule has 1 amide bonds. The molecule has 2 aromatic heterocycles. The van der Waals surface area contributed by atoms with Crippen molar-refractivity contribution >= 4 is 50.3 Å². The maximum atomic E-state index is 12.2. The Kier molecular flexibility index (Phi) is 5.36. The lowest BCUT2D eigenvalue weighted by molar-refractivity contribution is 0.0956. The minimum Gasteiger partial charge on any atom is -0.351 e. The SMILES string of the molecule is O=C(NCCS(=O)(=O)Nc1ccn2nccc2c1)c1ccc(Cl)cc1Cl. The molecule has 0 aliphatic carbocycles. The van der Waals surface area contributed by atoms with Gasteiger partial charge in [0, 0.05) is 24.0 Å². The predicted molar refractivity (Wildman–Crippen MR) is 101 cm³/mol. The van der Waals surface area contributed by atoms with E-state index in [9.17, 15) is 13.2 Å². The second-order valence-corrected chi connectivity index (χ2v) is 8.10. The summed E-state index contributed by atoms with van der Waals surface area (Å²) in [6, 6.07) is 9.48. The van der Waals surface area contributed by atoms with E-state index in [4.69, 9.17) is 23.2 Å². The maximum absolute atomic E-state index is 12.2. The van der Waals surface area contributed by atoms with Crippen LogP contribution in [0.15, 0.2) is 48.8 Å². The van der Waals surface area contributed by atoms with Gasteiger partial charge in [-0.15, -0.1) is 0 Å². The van der Waals surface area contributed by atoms with Crippen molar-refractivity contribution in [3.8, 4) is 0 Å². The van der Waals surface area contributed by atoms with Gasteiger partial charge in [-0.25, -0.2) is 12.9 Å². The molecule has 26 heavy (non-hydrogen) atoms. The molecule has 0 bridgehead atoms. The number of hydrogen-bond donors (Lipinski definition) is 2. The number of hydrogen-bond acceptors (Lipinski definition) is 4. The predicted octanol–water partition coefficient (Wildman–Crippen LogP) is 2.81. The molecule has 0 spiro atoms. The quantitative estimate of drug-likeness (QED) is 0.650. The minimum atomic E-state index is -3.63. The summed E-state index contributed by atoms with van der Waals surface area (Å²) in [7, 11) is -3.63. The Morgan fingerprint density at radius 2 is 1.96 bits per heavy atom. The number of rotatable bonds is 6. The Bertz CT molecular complexity index is 1070. The van der Waals surface area contributed by atoms with Crippen molar-refractivity contribution in [3.63, 3.8) is 0 Å². The van der Waals surface area contributed by atoms with Crippen LogP contribution in [-0.2, 0) is 10.0 Å². The number of aromatic nitrogens is 2. The topological polar surface area (TPSA) is 92.6 Å². The van der Waals surface area contributed by atoms with Gasteiger partial charge in [0.15, 0.2) is 0 Å². The number of nitrogens with zero attached hydrogens (tertiary/aromatic N) is 2. The summed E-state index contributed by atoms with van der Waals surface area (Å²) in [4.78, 5) is 12.1. The Hall–Kier alpha value is -2.29. The van der Waals surface area contributed by atoms with Crippen LogP contribution in [0.25, 0.3) is 5.52 Å². The number of sulfonamides is 1. The largest absolute Gasteiger partial charge is 0.351 e. The van der Waals surface area contributed by atoms with E-state index in [1.807, 2.05) is 0 Å². The highest BCUT2D eigenvalue weighted by Gasteiger charge is 2.14. The van der Waals surface area contributed by atoms with Gasteiger partial charge in [-0.1, -0.05) is 23.2 Å². The van der Waals surface area contributed by atoms with Gasteiger partial charge in [0.05, 0.1) is 27.5 Å². The smallest absolute Gasteiger partial charge is 0.252 e. The number of anilines is 1. The van der Waals surface area contributed by atoms with Gasteiger partial charge in [-0.05, 0) is 36.4 Å². The molecular formula is C16H14Cl2N4O3S. The Balaban J connectivity index is 1.58. The molecule has 0 saturated carbocycles. The molecule has 2 heterocycles. The normalized spacial score (nSPS) is 11.5. The third-order valence-corrected chi connectivity index (χ3v) is 5.34. The second kappa shape index (κ2) is 7.53. The number of carbonyl (C=O) groups is 1. The Morgan fingerprint density at radius 3 is 2.73 bits per heavy atom. The van der Waals surface area contributed by atoms with Gasteiger partial charge in [0.2, 0.25) is 10.0 Å². The average Bonchev–Trinajstić information content (AvgIpc) is 3.01. The summed E-state index contributed by atoms with van der Waals surface area (Å²) in [5.74, 6) is -0.753. The van der Waals surface area contributed by atoms with Crippen LogP contribution in [-0.4, -0.2) is 36.2 Å². The zero-order chi connectivity index (χ0) is 18.7. The Morgan fingerprint density at radius 1 is 1.15 bits per heavy atom. The molecule has 0 atom stereocenters. The van der Waals surface area contributed by atoms with E-state index in [1.54, 1.807) is 35.1 Å². The zero-order valence-electron chi connectivity index (χ0n) is 13.3. The molecule has 0 fully saturated rings. The molecule has 3 rings (SSSR count). The van der Waals surface area contributed by atoms with E-state index in [1.165, 1.54) is 18.2 Å². The van der Waals surface area contributed by atoms with Gasteiger partial charge >= 0.3 is 0 Å². The first-order valence-corrected chi connectivity index (χ1v) is 9.92. The number of nitrogens with one attached hydrogen (secondary N) is 2. The fourth-order valence-corrected chi connectivity index (χ4v) is 3.74. The molecule has 136 valence electrons. The van der Waals surface area contributed by atoms with E-state index in [0.29, 0.717) is 10.7 Å². The highest BCUT2D eigenvalue weighted by atomic mass is 35.5. The number of carbonyl (C=O) groups excluding carboxylic acids is 1. The van der Waals surface area contributed by atoms with Crippen LogP contribution < -0.4 is 10.0 Å². The van der Waals surface area contributed by atoms with Gasteiger partial charge in [-0.3, -0.25) is 9.52 Å².